The summed E-state index contributed by atoms with van der Waals surface area (Å²) >= 11 is 1.30. The van der Waals surface area contributed by atoms with Gasteiger partial charge >= 0.3 is 17.9 Å². The number of carbonyl (C=O) groups excluding carboxylic acids is 3. The van der Waals surface area contributed by atoms with Gasteiger partial charge in [0.25, 0.3) is 0 Å². The van der Waals surface area contributed by atoms with Gasteiger partial charge < -0.3 is 19.9 Å². The minimum Gasteiger partial charge on any atom is -0.480 e. The third-order valence-electron chi connectivity index (χ3n) is 11.5. The average Bonchev–Trinajstić information content (AvgIpc) is 3.19. The highest BCUT2D eigenvalue weighted by Gasteiger charge is 2.23. The van der Waals surface area contributed by atoms with E-state index < -0.39 is 18.1 Å². The van der Waals surface area contributed by atoms with Crippen molar-refractivity contribution in [2.24, 2.45) is 17.8 Å². The maximum absolute atomic E-state index is 12.9. The summed E-state index contributed by atoms with van der Waals surface area (Å²) in [6.45, 7) is 13.6. The van der Waals surface area contributed by atoms with Crippen LogP contribution in [-0.4, -0.2) is 59.2 Å². The number of esters is 2. The molecule has 2 atom stereocenters. The van der Waals surface area contributed by atoms with Crippen molar-refractivity contribution >= 4 is 35.6 Å². The summed E-state index contributed by atoms with van der Waals surface area (Å²) in [7, 11) is 0. The molecule has 60 heavy (non-hydrogen) atoms. The van der Waals surface area contributed by atoms with Gasteiger partial charge in [0.15, 0.2) is 0 Å². The highest BCUT2D eigenvalue weighted by molar-refractivity contribution is 7.99. The third-order valence-corrected chi connectivity index (χ3v) is 12.6. The molecule has 0 aliphatic heterocycles. The minimum atomic E-state index is -1.09. The molecule has 0 bridgehead atoms. The van der Waals surface area contributed by atoms with Gasteiger partial charge in [0.2, 0.25) is 5.91 Å². The Bertz CT molecular complexity index is 1020. The Morgan fingerprint density at radius 2 is 0.783 bits per heavy atom. The van der Waals surface area contributed by atoms with Crippen molar-refractivity contribution in [3.05, 3.63) is 0 Å². The zero-order chi connectivity index (χ0) is 44.5. The molecule has 0 fully saturated rings. The van der Waals surface area contributed by atoms with Crippen LogP contribution in [-0.2, 0) is 28.7 Å². The van der Waals surface area contributed by atoms with Gasteiger partial charge in [-0.15, -0.1) is 0 Å². The molecular formula is C51H97NO7S. The number of carboxylic acid groups (broad SMARTS) is 1. The number of thioether (sulfide) groups is 1. The Morgan fingerprint density at radius 1 is 0.450 bits per heavy atom. The van der Waals surface area contributed by atoms with Gasteiger partial charge in [0, 0.05) is 30.8 Å². The summed E-state index contributed by atoms with van der Waals surface area (Å²) in [4.78, 5) is 50.2. The monoisotopic (exact) mass is 868 g/mol. The van der Waals surface area contributed by atoms with Gasteiger partial charge in [0.05, 0.1) is 0 Å². The first-order chi connectivity index (χ1) is 28.9. The van der Waals surface area contributed by atoms with Crippen LogP contribution in [0.15, 0.2) is 0 Å². The molecule has 0 saturated heterocycles. The summed E-state index contributed by atoms with van der Waals surface area (Å²) < 4.78 is 11.4. The molecule has 0 aliphatic rings. The predicted octanol–water partition coefficient (Wildman–Crippen LogP) is 14.6. The van der Waals surface area contributed by atoms with E-state index in [0.29, 0.717) is 19.3 Å². The summed E-state index contributed by atoms with van der Waals surface area (Å²) in [5.41, 5.74) is 0. The lowest BCUT2D eigenvalue weighted by Crippen LogP contribution is -2.42. The van der Waals surface area contributed by atoms with E-state index >= 15 is 0 Å². The molecule has 0 aromatic carbocycles. The van der Waals surface area contributed by atoms with Crippen LogP contribution >= 0.6 is 11.8 Å². The van der Waals surface area contributed by atoms with Gasteiger partial charge in [-0.05, 0) is 37.0 Å². The van der Waals surface area contributed by atoms with E-state index in [0.717, 1.165) is 75.5 Å². The standard InChI is InChI=1S/C51H97NO7S/c1-43(2)34-28-22-16-10-7-13-19-25-31-37-48(53)52-47(51(56)57)42-60-41-46(59-50(55)39-33-27-21-15-9-12-18-24-30-36-45(5)6)40-58-49(54)38-32-26-20-14-8-11-17-23-29-35-44(3)4/h43-47H,7-42H2,1-6H3,(H,52,53)(H,56,57)/t46-,47+/m1/s1. The van der Waals surface area contributed by atoms with Crippen molar-refractivity contribution in [1.82, 2.24) is 5.32 Å². The van der Waals surface area contributed by atoms with E-state index in [1.54, 1.807) is 0 Å². The Morgan fingerprint density at radius 3 is 1.15 bits per heavy atom. The fourth-order valence-electron chi connectivity index (χ4n) is 7.57. The molecule has 0 rings (SSSR count). The van der Waals surface area contributed by atoms with Gasteiger partial charge in [-0.3, -0.25) is 14.4 Å². The number of nitrogens with one attached hydrogen (secondary N) is 1. The Kier molecular flexibility index (Phi) is 41.3. The Balaban J connectivity index is 4.63. The van der Waals surface area contributed by atoms with Crippen LogP contribution in [0.2, 0.25) is 0 Å². The maximum Gasteiger partial charge on any atom is 0.327 e. The molecule has 0 aromatic heterocycles. The topological polar surface area (TPSA) is 119 Å². The molecule has 0 spiro atoms. The van der Waals surface area contributed by atoms with Gasteiger partial charge in [-0.25, -0.2) is 4.79 Å². The summed E-state index contributed by atoms with van der Waals surface area (Å²) in [5.74, 6) is 0.846. The first-order valence-corrected chi connectivity index (χ1v) is 26.5. The molecule has 354 valence electrons. The lowest BCUT2D eigenvalue weighted by atomic mass is 10.0. The summed E-state index contributed by atoms with van der Waals surface area (Å²) in [6.07, 6.45) is 35.8. The number of ether oxygens (including phenoxy) is 2. The predicted molar refractivity (Wildman–Crippen MR) is 255 cm³/mol. The lowest BCUT2D eigenvalue weighted by molar-refractivity contribution is -0.157. The van der Waals surface area contributed by atoms with Crippen molar-refractivity contribution in [2.75, 3.05) is 18.1 Å². The molecular weight excluding hydrogens is 771 g/mol. The number of amides is 1. The van der Waals surface area contributed by atoms with E-state index in [1.165, 1.54) is 147 Å². The molecule has 0 radical (unpaired) electrons. The maximum atomic E-state index is 12.9. The largest absolute Gasteiger partial charge is 0.480 e. The second kappa shape index (κ2) is 42.5. The second-order valence-corrected chi connectivity index (χ2v) is 20.2. The molecule has 0 saturated carbocycles. The Hall–Kier alpha value is -1.77. The number of carbonyl (C=O) groups is 4. The number of rotatable bonds is 45. The number of carboxylic acids is 1. The molecule has 9 heteroatoms. The van der Waals surface area contributed by atoms with E-state index in [4.69, 9.17) is 9.47 Å². The minimum absolute atomic E-state index is 0.0478. The molecule has 2 N–H and O–H groups in total. The summed E-state index contributed by atoms with van der Waals surface area (Å²) in [6, 6.07) is -1.04. The van der Waals surface area contributed by atoms with Crippen molar-refractivity contribution < 1.29 is 33.8 Å². The molecule has 0 unspecified atom stereocenters. The Labute approximate surface area is 374 Å². The zero-order valence-corrected chi connectivity index (χ0v) is 41.0. The molecule has 1 amide bonds. The van der Waals surface area contributed by atoms with E-state index in [2.05, 4.69) is 46.9 Å². The number of hydrogen-bond donors (Lipinski definition) is 2. The zero-order valence-electron chi connectivity index (χ0n) is 40.1. The van der Waals surface area contributed by atoms with Crippen molar-refractivity contribution in [3.63, 3.8) is 0 Å². The van der Waals surface area contributed by atoms with Gasteiger partial charge in [0.1, 0.15) is 18.8 Å². The number of hydrogen-bond acceptors (Lipinski definition) is 7. The summed E-state index contributed by atoms with van der Waals surface area (Å²) in [5, 5.41) is 12.5. The number of unbranched alkanes of at least 4 members (excludes halogenated alkanes) is 24. The first kappa shape index (κ1) is 58.2. The fraction of sp³-hybridized carbons (Fsp3) is 0.922. The lowest BCUT2D eigenvalue weighted by Gasteiger charge is -2.19. The third kappa shape index (κ3) is 42.9. The van der Waals surface area contributed by atoms with Gasteiger partial charge in [-0.1, -0.05) is 215 Å². The van der Waals surface area contributed by atoms with Crippen LogP contribution < -0.4 is 5.32 Å². The van der Waals surface area contributed by atoms with E-state index in [1.807, 2.05) is 0 Å². The average molecular weight is 868 g/mol. The fourth-order valence-corrected chi connectivity index (χ4v) is 8.60. The molecule has 8 nitrogen and oxygen atoms in total. The van der Waals surface area contributed by atoms with Crippen molar-refractivity contribution in [1.29, 1.82) is 0 Å². The van der Waals surface area contributed by atoms with E-state index in [-0.39, 0.29) is 36.0 Å². The van der Waals surface area contributed by atoms with Crippen LogP contribution in [0.3, 0.4) is 0 Å². The van der Waals surface area contributed by atoms with Gasteiger partial charge in [-0.2, -0.15) is 11.8 Å². The van der Waals surface area contributed by atoms with E-state index in [9.17, 15) is 24.3 Å². The number of aliphatic carboxylic acids is 1. The van der Waals surface area contributed by atoms with Crippen LogP contribution in [0.5, 0.6) is 0 Å². The molecule has 0 aromatic rings. The van der Waals surface area contributed by atoms with Crippen LogP contribution in [0.4, 0.5) is 0 Å². The van der Waals surface area contributed by atoms with Crippen molar-refractivity contribution in [2.45, 2.75) is 266 Å². The first-order valence-electron chi connectivity index (χ1n) is 25.4. The highest BCUT2D eigenvalue weighted by Crippen LogP contribution is 2.18. The van der Waals surface area contributed by atoms with Crippen LogP contribution in [0, 0.1) is 17.8 Å². The molecule has 0 aliphatic carbocycles. The normalized spacial score (nSPS) is 12.6. The molecule has 0 heterocycles. The highest BCUT2D eigenvalue weighted by atomic mass is 32.2. The van der Waals surface area contributed by atoms with Crippen LogP contribution in [0.25, 0.3) is 0 Å². The van der Waals surface area contributed by atoms with Crippen LogP contribution in [0.1, 0.15) is 253 Å². The van der Waals surface area contributed by atoms with Crippen molar-refractivity contribution in [3.8, 4) is 0 Å². The quantitative estimate of drug-likeness (QED) is 0.0459. The smallest absolute Gasteiger partial charge is 0.327 e. The second-order valence-electron chi connectivity index (χ2n) is 19.1. The SMILES string of the molecule is CC(C)CCCCCCCCCCCC(=O)N[C@@H](CSC[C@@H](COC(=O)CCCCCCCCCCCC(C)C)OC(=O)CCCCCCCCCCCC(C)C)C(=O)O.